The molecule has 0 aromatic heterocycles. The van der Waals surface area contributed by atoms with Crippen LogP contribution in [0.5, 0.6) is 0 Å². The monoisotopic (exact) mass is 263 g/mol. The molecule has 0 saturated carbocycles. The van der Waals surface area contributed by atoms with Crippen LogP contribution >= 0.6 is 0 Å². The molecule has 0 bridgehead atoms. The third-order valence-electron chi connectivity index (χ3n) is 3.34. The molecule has 1 rings (SSSR count). The number of nitrogens with zero attached hydrogens (tertiary/aromatic N) is 1. The number of rotatable bonds is 7. The predicted octanol–water partition coefficient (Wildman–Crippen LogP) is 2.40. The summed E-state index contributed by atoms with van der Waals surface area (Å²) in [5, 5.41) is 3.05. The van der Waals surface area contributed by atoms with Gasteiger partial charge in [0.25, 0.3) is 0 Å². The highest BCUT2D eigenvalue weighted by molar-refractivity contribution is 5.83. The summed E-state index contributed by atoms with van der Waals surface area (Å²) in [7, 11) is 0. The van der Waals surface area contributed by atoms with E-state index in [4.69, 9.17) is 5.73 Å². The van der Waals surface area contributed by atoms with Gasteiger partial charge in [0.2, 0.25) is 5.91 Å². The van der Waals surface area contributed by atoms with Crippen molar-refractivity contribution in [2.45, 2.75) is 39.7 Å². The smallest absolute Gasteiger partial charge is 0.239 e. The van der Waals surface area contributed by atoms with Crippen molar-refractivity contribution < 1.29 is 4.79 Å². The van der Waals surface area contributed by atoms with Crippen LogP contribution in [0.3, 0.4) is 0 Å². The van der Waals surface area contributed by atoms with Crippen molar-refractivity contribution in [1.29, 1.82) is 0 Å². The van der Waals surface area contributed by atoms with Crippen LogP contribution in [0.2, 0.25) is 0 Å². The largest absolute Gasteiger partial charge is 0.397 e. The molecule has 0 aliphatic heterocycles. The van der Waals surface area contributed by atoms with Crippen LogP contribution in [-0.2, 0) is 4.79 Å². The molecule has 0 fully saturated rings. The number of likely N-dealkylation sites (N-methyl/N-ethyl adjacent to an activating group) is 1. The lowest BCUT2D eigenvalue weighted by atomic mass is 10.2. The Morgan fingerprint density at radius 3 is 2.42 bits per heavy atom. The van der Waals surface area contributed by atoms with Crippen molar-refractivity contribution in [3.8, 4) is 0 Å². The van der Waals surface area contributed by atoms with E-state index >= 15 is 0 Å². The fraction of sp³-hybridized carbons (Fsp3) is 0.533. The maximum absolute atomic E-state index is 12.0. The number of anilines is 2. The minimum atomic E-state index is 0.0544. The average molecular weight is 263 g/mol. The highest BCUT2D eigenvalue weighted by Crippen LogP contribution is 2.21. The van der Waals surface area contributed by atoms with Gasteiger partial charge in [-0.3, -0.25) is 4.79 Å². The van der Waals surface area contributed by atoms with Crippen LogP contribution < -0.4 is 16.0 Å². The van der Waals surface area contributed by atoms with E-state index in [2.05, 4.69) is 19.2 Å². The number of carbonyl (C=O) groups excluding carboxylic acids is 1. The standard InChI is InChI=1S/C15H25N3O/c1-4-12(5-2)17-15(19)11-18(6-3)14-10-8-7-9-13(14)16/h7-10,12H,4-6,11,16H2,1-3H3,(H,17,19). The third kappa shape index (κ3) is 4.47. The lowest BCUT2D eigenvalue weighted by Gasteiger charge is -2.25. The first kappa shape index (κ1) is 15.3. The van der Waals surface area contributed by atoms with Gasteiger partial charge >= 0.3 is 0 Å². The summed E-state index contributed by atoms with van der Waals surface area (Å²) in [5.41, 5.74) is 7.58. The first-order chi connectivity index (χ1) is 9.12. The Kier molecular flexibility index (Phi) is 6.19. The van der Waals surface area contributed by atoms with Crippen LogP contribution in [0.1, 0.15) is 33.6 Å². The number of amides is 1. The van der Waals surface area contributed by atoms with Gasteiger partial charge in [-0.05, 0) is 31.9 Å². The highest BCUT2D eigenvalue weighted by atomic mass is 16.2. The van der Waals surface area contributed by atoms with Gasteiger partial charge in [-0.2, -0.15) is 0 Å². The summed E-state index contributed by atoms with van der Waals surface area (Å²) in [4.78, 5) is 14.0. The van der Waals surface area contributed by atoms with Gasteiger partial charge in [-0.25, -0.2) is 0 Å². The topological polar surface area (TPSA) is 58.4 Å². The molecule has 0 aliphatic carbocycles. The Bertz CT molecular complexity index is 402. The second kappa shape index (κ2) is 7.67. The van der Waals surface area contributed by atoms with Crippen LogP contribution in [-0.4, -0.2) is 25.0 Å². The van der Waals surface area contributed by atoms with Crippen LogP contribution in [0.4, 0.5) is 11.4 Å². The number of carbonyl (C=O) groups is 1. The Morgan fingerprint density at radius 1 is 1.26 bits per heavy atom. The molecule has 1 aromatic carbocycles. The molecule has 0 heterocycles. The Balaban J connectivity index is 2.67. The van der Waals surface area contributed by atoms with E-state index in [0.29, 0.717) is 12.2 Å². The fourth-order valence-corrected chi connectivity index (χ4v) is 2.08. The molecule has 0 radical (unpaired) electrons. The molecule has 1 amide bonds. The lowest BCUT2D eigenvalue weighted by Crippen LogP contribution is -2.42. The summed E-state index contributed by atoms with van der Waals surface area (Å²) < 4.78 is 0. The molecule has 0 aliphatic rings. The molecular formula is C15H25N3O. The average Bonchev–Trinajstić information content (AvgIpc) is 2.43. The molecular weight excluding hydrogens is 238 g/mol. The number of para-hydroxylation sites is 2. The molecule has 0 atom stereocenters. The number of hydrogen-bond acceptors (Lipinski definition) is 3. The molecule has 0 spiro atoms. The van der Waals surface area contributed by atoms with Crippen molar-refractivity contribution in [1.82, 2.24) is 5.32 Å². The maximum atomic E-state index is 12.0. The molecule has 4 heteroatoms. The molecule has 0 saturated heterocycles. The summed E-state index contributed by atoms with van der Waals surface area (Å²) in [6.07, 6.45) is 1.92. The Morgan fingerprint density at radius 2 is 1.89 bits per heavy atom. The first-order valence-electron chi connectivity index (χ1n) is 7.01. The van der Waals surface area contributed by atoms with E-state index in [1.54, 1.807) is 0 Å². The predicted molar refractivity (Wildman–Crippen MR) is 81.3 cm³/mol. The van der Waals surface area contributed by atoms with Gasteiger partial charge in [-0.15, -0.1) is 0 Å². The number of nitrogens with one attached hydrogen (secondary N) is 1. The number of nitrogen functional groups attached to an aromatic ring is 1. The van der Waals surface area contributed by atoms with E-state index in [0.717, 1.165) is 25.1 Å². The number of benzene rings is 1. The minimum absolute atomic E-state index is 0.0544. The SMILES string of the molecule is CCC(CC)NC(=O)CN(CC)c1ccccc1N. The van der Waals surface area contributed by atoms with Crippen molar-refractivity contribution in [3.05, 3.63) is 24.3 Å². The van der Waals surface area contributed by atoms with E-state index < -0.39 is 0 Å². The zero-order valence-corrected chi connectivity index (χ0v) is 12.1. The zero-order valence-electron chi connectivity index (χ0n) is 12.1. The van der Waals surface area contributed by atoms with E-state index in [9.17, 15) is 4.79 Å². The van der Waals surface area contributed by atoms with Crippen molar-refractivity contribution in [3.63, 3.8) is 0 Å². The second-order valence-electron chi connectivity index (χ2n) is 4.65. The van der Waals surface area contributed by atoms with Crippen LogP contribution in [0.25, 0.3) is 0 Å². The van der Waals surface area contributed by atoms with Crippen LogP contribution in [0, 0.1) is 0 Å². The van der Waals surface area contributed by atoms with Crippen molar-refractivity contribution >= 4 is 17.3 Å². The normalized spacial score (nSPS) is 10.5. The molecule has 4 nitrogen and oxygen atoms in total. The van der Waals surface area contributed by atoms with Gasteiger partial charge in [0, 0.05) is 12.6 Å². The van der Waals surface area contributed by atoms with E-state index in [1.807, 2.05) is 36.1 Å². The van der Waals surface area contributed by atoms with Gasteiger partial charge in [0.05, 0.1) is 17.9 Å². The first-order valence-corrected chi connectivity index (χ1v) is 7.01. The Labute approximate surface area is 116 Å². The van der Waals surface area contributed by atoms with Gasteiger partial charge in [-0.1, -0.05) is 26.0 Å². The maximum Gasteiger partial charge on any atom is 0.239 e. The molecule has 0 unspecified atom stereocenters. The van der Waals surface area contributed by atoms with Gasteiger partial charge < -0.3 is 16.0 Å². The summed E-state index contributed by atoms with van der Waals surface area (Å²) >= 11 is 0. The molecule has 19 heavy (non-hydrogen) atoms. The van der Waals surface area contributed by atoms with Gasteiger partial charge in [0.1, 0.15) is 0 Å². The minimum Gasteiger partial charge on any atom is -0.397 e. The van der Waals surface area contributed by atoms with E-state index in [1.165, 1.54) is 0 Å². The Hall–Kier alpha value is -1.71. The lowest BCUT2D eigenvalue weighted by molar-refractivity contribution is -0.120. The summed E-state index contributed by atoms with van der Waals surface area (Å²) in [6, 6.07) is 7.91. The van der Waals surface area contributed by atoms with Gasteiger partial charge in [0.15, 0.2) is 0 Å². The second-order valence-corrected chi connectivity index (χ2v) is 4.65. The van der Waals surface area contributed by atoms with Crippen molar-refractivity contribution in [2.75, 3.05) is 23.7 Å². The van der Waals surface area contributed by atoms with Crippen LogP contribution in [0.15, 0.2) is 24.3 Å². The third-order valence-corrected chi connectivity index (χ3v) is 3.34. The highest BCUT2D eigenvalue weighted by Gasteiger charge is 2.14. The zero-order chi connectivity index (χ0) is 14.3. The summed E-state index contributed by atoms with van der Waals surface area (Å²) in [5.74, 6) is 0.0544. The number of hydrogen-bond donors (Lipinski definition) is 2. The quantitative estimate of drug-likeness (QED) is 0.743. The number of nitrogens with two attached hydrogens (primary N) is 1. The molecule has 106 valence electrons. The van der Waals surface area contributed by atoms with Crippen molar-refractivity contribution in [2.24, 2.45) is 0 Å². The fourth-order valence-electron chi connectivity index (χ4n) is 2.08. The molecule has 1 aromatic rings. The van der Waals surface area contributed by atoms with E-state index in [-0.39, 0.29) is 11.9 Å². The molecule has 3 N–H and O–H groups in total. The summed E-state index contributed by atoms with van der Waals surface area (Å²) in [6.45, 7) is 7.30.